The van der Waals surface area contributed by atoms with Crippen molar-refractivity contribution in [3.63, 3.8) is 0 Å². The molecule has 0 unspecified atom stereocenters. The number of ether oxygens (including phenoxy) is 1. The highest BCUT2D eigenvalue weighted by molar-refractivity contribution is 6.32. The van der Waals surface area contributed by atoms with Gasteiger partial charge in [0.25, 0.3) is 5.91 Å². The molecule has 150 valence electrons. The lowest BCUT2D eigenvalue weighted by molar-refractivity contribution is 0.0779. The molecule has 1 aliphatic heterocycles. The van der Waals surface area contributed by atoms with Crippen LogP contribution in [-0.4, -0.2) is 59.2 Å². The smallest absolute Gasteiger partial charge is 0.276 e. The van der Waals surface area contributed by atoms with Gasteiger partial charge in [0.05, 0.1) is 30.1 Å². The largest absolute Gasteiger partial charge is 0.378 e. The number of aromatic nitrogens is 3. The van der Waals surface area contributed by atoms with E-state index in [2.05, 4.69) is 39.5 Å². The zero-order valence-corrected chi connectivity index (χ0v) is 16.9. The summed E-state index contributed by atoms with van der Waals surface area (Å²) >= 11 is 6.19. The number of amides is 1. The number of hydrogen-bond acceptors (Lipinski definition) is 5. The minimum absolute atomic E-state index is 0.194. The molecule has 4 rings (SSSR count). The van der Waals surface area contributed by atoms with Crippen molar-refractivity contribution < 1.29 is 9.53 Å². The third-order valence-corrected chi connectivity index (χ3v) is 5.21. The number of halogens is 1. The Bertz CT molecular complexity index is 983. The van der Waals surface area contributed by atoms with E-state index in [9.17, 15) is 4.79 Å². The normalized spacial score (nSPS) is 14.1. The number of anilines is 1. The molecule has 2 aromatic carbocycles. The standard InChI is InChI=1S/C21H22ClN5O2/c1-25(14-16-6-8-17(9-7-16)26-10-12-29-13-11-26)21(28)19-15-27(24-23-19)20-5-3-2-4-18(20)22/h2-9,15H,10-14H2,1H3. The Morgan fingerprint density at radius 2 is 1.86 bits per heavy atom. The summed E-state index contributed by atoms with van der Waals surface area (Å²) in [4.78, 5) is 16.7. The van der Waals surface area contributed by atoms with E-state index in [4.69, 9.17) is 16.3 Å². The Kier molecular flexibility index (Phi) is 5.78. The van der Waals surface area contributed by atoms with E-state index in [1.807, 2.05) is 18.2 Å². The first-order valence-corrected chi connectivity index (χ1v) is 9.84. The average molecular weight is 412 g/mol. The van der Waals surface area contributed by atoms with Crippen LogP contribution in [0.2, 0.25) is 5.02 Å². The molecular weight excluding hydrogens is 390 g/mol. The molecule has 1 aliphatic rings. The van der Waals surface area contributed by atoms with Crippen LogP contribution < -0.4 is 4.90 Å². The fourth-order valence-electron chi connectivity index (χ4n) is 3.29. The Morgan fingerprint density at radius 3 is 2.59 bits per heavy atom. The summed E-state index contributed by atoms with van der Waals surface area (Å²) in [7, 11) is 1.76. The summed E-state index contributed by atoms with van der Waals surface area (Å²) in [5.74, 6) is -0.194. The van der Waals surface area contributed by atoms with E-state index < -0.39 is 0 Å². The summed E-state index contributed by atoms with van der Waals surface area (Å²) in [6, 6.07) is 15.6. The van der Waals surface area contributed by atoms with Crippen LogP contribution >= 0.6 is 11.6 Å². The average Bonchev–Trinajstić information content (AvgIpc) is 3.24. The molecule has 3 aromatic rings. The van der Waals surface area contributed by atoms with Crippen LogP contribution in [0.5, 0.6) is 0 Å². The van der Waals surface area contributed by atoms with Gasteiger partial charge in [-0.25, -0.2) is 4.68 Å². The van der Waals surface area contributed by atoms with Crippen molar-refractivity contribution in [2.45, 2.75) is 6.54 Å². The maximum atomic E-state index is 12.7. The van der Waals surface area contributed by atoms with Gasteiger partial charge >= 0.3 is 0 Å². The minimum atomic E-state index is -0.194. The van der Waals surface area contributed by atoms with Crippen molar-refractivity contribution in [2.75, 3.05) is 38.3 Å². The molecule has 1 aromatic heterocycles. The number of morpholine rings is 1. The quantitative estimate of drug-likeness (QED) is 0.645. The number of hydrogen-bond donors (Lipinski definition) is 0. The highest BCUT2D eigenvalue weighted by Gasteiger charge is 2.17. The van der Waals surface area contributed by atoms with Crippen LogP contribution in [0.4, 0.5) is 5.69 Å². The van der Waals surface area contributed by atoms with Crippen molar-refractivity contribution >= 4 is 23.2 Å². The number of para-hydroxylation sites is 1. The summed E-state index contributed by atoms with van der Waals surface area (Å²) in [6.07, 6.45) is 1.60. The van der Waals surface area contributed by atoms with E-state index in [-0.39, 0.29) is 11.6 Å². The van der Waals surface area contributed by atoms with Crippen LogP contribution in [0, 0.1) is 0 Å². The maximum Gasteiger partial charge on any atom is 0.276 e. The van der Waals surface area contributed by atoms with Gasteiger partial charge in [-0.15, -0.1) is 5.10 Å². The number of carbonyl (C=O) groups is 1. The van der Waals surface area contributed by atoms with Crippen LogP contribution in [0.15, 0.2) is 54.7 Å². The molecule has 0 N–H and O–H groups in total. The first kappa shape index (κ1) is 19.4. The molecule has 1 amide bonds. The van der Waals surface area contributed by atoms with Crippen LogP contribution in [0.1, 0.15) is 16.1 Å². The molecule has 0 bridgehead atoms. The summed E-state index contributed by atoms with van der Waals surface area (Å²) in [5.41, 5.74) is 3.18. The predicted octanol–water partition coefficient (Wildman–Crippen LogP) is 3.03. The van der Waals surface area contributed by atoms with Gasteiger partial charge in [-0.05, 0) is 29.8 Å². The van der Waals surface area contributed by atoms with E-state index in [1.54, 1.807) is 24.2 Å². The predicted molar refractivity (Wildman–Crippen MR) is 112 cm³/mol. The Labute approximate surface area is 174 Å². The monoisotopic (exact) mass is 411 g/mol. The molecule has 0 atom stereocenters. The molecule has 1 saturated heterocycles. The lowest BCUT2D eigenvalue weighted by Gasteiger charge is -2.29. The third-order valence-electron chi connectivity index (χ3n) is 4.89. The minimum Gasteiger partial charge on any atom is -0.378 e. The lowest BCUT2D eigenvalue weighted by Crippen LogP contribution is -2.36. The van der Waals surface area contributed by atoms with E-state index in [1.165, 1.54) is 10.4 Å². The number of benzene rings is 2. The second-order valence-corrected chi connectivity index (χ2v) is 7.33. The number of nitrogens with zero attached hydrogens (tertiary/aromatic N) is 5. The number of carbonyl (C=O) groups excluding carboxylic acids is 1. The fourth-order valence-corrected chi connectivity index (χ4v) is 3.51. The summed E-state index contributed by atoms with van der Waals surface area (Å²) in [6.45, 7) is 3.81. The molecule has 8 heteroatoms. The zero-order valence-electron chi connectivity index (χ0n) is 16.2. The van der Waals surface area contributed by atoms with Crippen molar-refractivity contribution in [3.05, 3.63) is 71.0 Å². The molecule has 0 spiro atoms. The van der Waals surface area contributed by atoms with Crippen molar-refractivity contribution in [1.82, 2.24) is 19.9 Å². The Balaban J connectivity index is 1.41. The zero-order chi connectivity index (χ0) is 20.2. The van der Waals surface area contributed by atoms with Crippen LogP contribution in [0.3, 0.4) is 0 Å². The van der Waals surface area contributed by atoms with Gasteiger partial charge in [0.2, 0.25) is 0 Å². The first-order chi connectivity index (χ1) is 14.1. The van der Waals surface area contributed by atoms with Gasteiger partial charge in [-0.1, -0.05) is 41.1 Å². The van der Waals surface area contributed by atoms with E-state index in [0.717, 1.165) is 31.9 Å². The SMILES string of the molecule is CN(Cc1ccc(N2CCOCC2)cc1)C(=O)c1cn(-c2ccccc2Cl)nn1. The topological polar surface area (TPSA) is 63.5 Å². The fraction of sp³-hybridized carbons (Fsp3) is 0.286. The van der Waals surface area contributed by atoms with Crippen LogP contribution in [-0.2, 0) is 11.3 Å². The molecular formula is C21H22ClN5O2. The Morgan fingerprint density at radius 1 is 1.14 bits per heavy atom. The van der Waals surface area contributed by atoms with Crippen LogP contribution in [0.25, 0.3) is 5.69 Å². The second kappa shape index (κ2) is 8.63. The van der Waals surface area contributed by atoms with Gasteiger partial charge in [0.1, 0.15) is 0 Å². The van der Waals surface area contributed by atoms with Crippen molar-refractivity contribution in [1.29, 1.82) is 0 Å². The molecule has 0 aliphatic carbocycles. The molecule has 7 nitrogen and oxygen atoms in total. The highest BCUT2D eigenvalue weighted by atomic mass is 35.5. The molecule has 2 heterocycles. The van der Waals surface area contributed by atoms with Gasteiger partial charge in [0, 0.05) is 32.4 Å². The summed E-state index contributed by atoms with van der Waals surface area (Å²) in [5, 5.41) is 8.60. The van der Waals surface area contributed by atoms with E-state index in [0.29, 0.717) is 17.3 Å². The molecule has 1 fully saturated rings. The first-order valence-electron chi connectivity index (χ1n) is 9.46. The lowest BCUT2D eigenvalue weighted by atomic mass is 10.1. The molecule has 29 heavy (non-hydrogen) atoms. The Hall–Kier alpha value is -2.90. The summed E-state index contributed by atoms with van der Waals surface area (Å²) < 4.78 is 6.91. The van der Waals surface area contributed by atoms with Crippen molar-refractivity contribution in [3.8, 4) is 5.69 Å². The van der Waals surface area contributed by atoms with Gasteiger partial charge in [0.15, 0.2) is 5.69 Å². The maximum absolute atomic E-state index is 12.7. The third kappa shape index (κ3) is 4.41. The van der Waals surface area contributed by atoms with Gasteiger partial charge < -0.3 is 14.5 Å². The van der Waals surface area contributed by atoms with E-state index >= 15 is 0 Å². The molecule has 0 saturated carbocycles. The highest BCUT2D eigenvalue weighted by Crippen LogP contribution is 2.20. The van der Waals surface area contributed by atoms with Gasteiger partial charge in [-0.3, -0.25) is 4.79 Å². The van der Waals surface area contributed by atoms with Gasteiger partial charge in [-0.2, -0.15) is 0 Å². The molecule has 0 radical (unpaired) electrons. The number of rotatable bonds is 5. The second-order valence-electron chi connectivity index (χ2n) is 6.93. The van der Waals surface area contributed by atoms with Crippen molar-refractivity contribution in [2.24, 2.45) is 0 Å².